The van der Waals surface area contributed by atoms with E-state index >= 15 is 0 Å². The van der Waals surface area contributed by atoms with Crippen molar-refractivity contribution in [3.05, 3.63) is 30.6 Å². The van der Waals surface area contributed by atoms with E-state index in [9.17, 15) is 24.8 Å². The number of aliphatic hydroxyl groups excluding tert-OH is 1. The number of hydrogen-bond acceptors (Lipinski definition) is 14. The number of anilines is 1. The van der Waals surface area contributed by atoms with Crippen molar-refractivity contribution in [3.63, 3.8) is 0 Å². The van der Waals surface area contributed by atoms with Crippen LogP contribution in [0.2, 0.25) is 0 Å². The number of ether oxygens (including phenoxy) is 3. The van der Waals surface area contributed by atoms with E-state index in [1.165, 1.54) is 56.1 Å². The molecule has 0 spiro atoms. The summed E-state index contributed by atoms with van der Waals surface area (Å²) in [6, 6.07) is 6.41. The number of aromatic nitrogens is 4. The Morgan fingerprint density at radius 1 is 1.36 bits per heavy atom. The van der Waals surface area contributed by atoms with E-state index in [0.29, 0.717) is 0 Å². The molecular formula is C25H32N7O9P. The van der Waals surface area contributed by atoms with Crippen molar-refractivity contribution in [1.82, 2.24) is 24.6 Å². The van der Waals surface area contributed by atoms with Crippen LogP contribution in [0.1, 0.15) is 33.9 Å². The number of imidazole rings is 1. The van der Waals surface area contributed by atoms with Crippen LogP contribution < -0.4 is 20.1 Å². The number of rotatable bonds is 11. The summed E-state index contributed by atoms with van der Waals surface area (Å²) < 4.78 is 43.0. The third kappa shape index (κ3) is 6.25. The molecule has 5 N–H and O–H groups in total. The molecule has 0 radical (unpaired) electrons. The van der Waals surface area contributed by atoms with Crippen LogP contribution in [0, 0.1) is 16.7 Å². The van der Waals surface area contributed by atoms with E-state index in [2.05, 4.69) is 26.1 Å². The minimum absolute atomic E-state index is 0.0287. The highest BCUT2D eigenvalue weighted by atomic mass is 31.2. The molecule has 6 atom stereocenters. The summed E-state index contributed by atoms with van der Waals surface area (Å²) in [5.74, 6) is -0.915. The number of nitrogens with two attached hydrogens (primary N) is 1. The standard InChI is InChI=1S/C25H32N7O9P/c1-13(2)39-22(35)14(3)31-42(36,41-16-8-6-7-15(33)9-16)38-10-17-19(34)25(4,11-26)23(40-17)32-12-28-18-20(32)29-24(27)30-21(18)37-5/h6-9,12-14,17,19,23,33-34H,10H2,1-5H3,(H,31,36)(H2,27,29,30)/t14-,17+,19+,23+,25+,42?/m0/s1. The Hall–Kier alpha value is -4.00. The number of nitrogens with zero attached hydrogens (tertiary/aromatic N) is 5. The molecule has 1 aliphatic rings. The van der Waals surface area contributed by atoms with E-state index in [1.807, 2.05) is 0 Å². The number of phenols is 1. The molecule has 4 rings (SSSR count). The van der Waals surface area contributed by atoms with Gasteiger partial charge in [0.2, 0.25) is 11.8 Å². The predicted molar refractivity (Wildman–Crippen MR) is 146 cm³/mol. The number of methoxy groups -OCH3 is 1. The number of aliphatic hydroxyl groups is 1. The third-order valence-electron chi connectivity index (χ3n) is 6.39. The van der Waals surface area contributed by atoms with Gasteiger partial charge in [0, 0.05) is 6.07 Å². The summed E-state index contributed by atoms with van der Waals surface area (Å²) in [7, 11) is -3.00. The second-order valence-corrected chi connectivity index (χ2v) is 11.7. The van der Waals surface area contributed by atoms with Crippen LogP contribution in [-0.4, -0.2) is 73.8 Å². The first-order chi connectivity index (χ1) is 19.8. The van der Waals surface area contributed by atoms with Crippen LogP contribution in [-0.2, 0) is 23.4 Å². The molecule has 1 fully saturated rings. The van der Waals surface area contributed by atoms with Crippen molar-refractivity contribution >= 4 is 30.8 Å². The van der Waals surface area contributed by atoms with Crippen LogP contribution in [0.3, 0.4) is 0 Å². The molecule has 0 saturated carbocycles. The van der Waals surface area contributed by atoms with Gasteiger partial charge in [0.15, 0.2) is 17.4 Å². The highest BCUT2D eigenvalue weighted by Crippen LogP contribution is 2.50. The zero-order valence-corrected chi connectivity index (χ0v) is 24.4. The molecule has 16 nitrogen and oxygen atoms in total. The summed E-state index contributed by atoms with van der Waals surface area (Å²) in [6.45, 7) is 5.65. The first kappa shape index (κ1) is 30.9. The lowest BCUT2D eigenvalue weighted by molar-refractivity contribution is -0.149. The average molecular weight is 606 g/mol. The number of nitriles is 1. The average Bonchev–Trinajstić information content (AvgIpc) is 3.45. The van der Waals surface area contributed by atoms with Crippen molar-refractivity contribution in [1.29, 1.82) is 5.26 Å². The van der Waals surface area contributed by atoms with Crippen LogP contribution >= 0.6 is 7.75 Å². The summed E-state index contributed by atoms with van der Waals surface area (Å²) in [6.07, 6.45) is -2.90. The SMILES string of the molecule is COc1nc(N)nc2c1ncn2[C@@H]1O[C@H](COP(=O)(N[C@@H](C)C(=O)OC(C)C)Oc2cccc(O)c2)[C@@H](O)[C@@]1(C)C#N. The Morgan fingerprint density at radius 3 is 2.74 bits per heavy atom. The van der Waals surface area contributed by atoms with E-state index in [1.54, 1.807) is 13.8 Å². The van der Waals surface area contributed by atoms with Crippen molar-refractivity contribution < 1.29 is 42.8 Å². The van der Waals surface area contributed by atoms with E-state index in [-0.39, 0.29) is 34.5 Å². The third-order valence-corrected chi connectivity index (χ3v) is 8.03. The van der Waals surface area contributed by atoms with E-state index < -0.39 is 56.3 Å². The number of phenolic OH excluding ortho intramolecular Hbond substituents is 1. The summed E-state index contributed by atoms with van der Waals surface area (Å²) >= 11 is 0. The summed E-state index contributed by atoms with van der Waals surface area (Å²) in [5, 5.41) is 33.6. The van der Waals surface area contributed by atoms with Crippen molar-refractivity contribution in [2.45, 2.75) is 58.3 Å². The van der Waals surface area contributed by atoms with Gasteiger partial charge in [-0.05, 0) is 39.8 Å². The van der Waals surface area contributed by atoms with Crippen LogP contribution in [0.25, 0.3) is 11.2 Å². The molecule has 1 aliphatic heterocycles. The normalized spacial score (nSPS) is 24.2. The largest absolute Gasteiger partial charge is 0.508 e. The maximum atomic E-state index is 13.9. The summed E-state index contributed by atoms with van der Waals surface area (Å²) in [4.78, 5) is 24.9. The molecule has 1 unspecified atom stereocenters. The quantitative estimate of drug-likeness (QED) is 0.181. The minimum atomic E-state index is -4.39. The zero-order valence-electron chi connectivity index (χ0n) is 23.5. The van der Waals surface area contributed by atoms with Gasteiger partial charge < -0.3 is 34.7 Å². The maximum Gasteiger partial charge on any atom is 0.459 e. The molecule has 42 heavy (non-hydrogen) atoms. The van der Waals surface area contributed by atoms with Crippen LogP contribution in [0.5, 0.6) is 17.4 Å². The number of carbonyl (C=O) groups excluding carboxylic acids is 1. The fourth-order valence-electron chi connectivity index (χ4n) is 4.31. The molecule has 0 bridgehead atoms. The number of carbonyl (C=O) groups is 1. The van der Waals surface area contributed by atoms with Crippen molar-refractivity contribution in [2.24, 2.45) is 5.41 Å². The number of esters is 1. The number of aromatic hydroxyl groups is 1. The lowest BCUT2D eigenvalue weighted by Crippen LogP contribution is -2.39. The van der Waals surface area contributed by atoms with Crippen LogP contribution in [0.4, 0.5) is 5.95 Å². The highest BCUT2D eigenvalue weighted by molar-refractivity contribution is 7.52. The van der Waals surface area contributed by atoms with Gasteiger partial charge in [-0.25, -0.2) is 9.55 Å². The monoisotopic (exact) mass is 605 g/mol. The Labute approximate surface area is 240 Å². The van der Waals surface area contributed by atoms with Crippen LogP contribution in [0.15, 0.2) is 30.6 Å². The number of fused-ring (bicyclic) bond motifs is 1. The molecule has 2 aromatic heterocycles. The van der Waals surface area contributed by atoms with Gasteiger partial charge in [0.05, 0.1) is 32.2 Å². The Kier molecular flexibility index (Phi) is 8.90. The van der Waals surface area contributed by atoms with Gasteiger partial charge in [-0.2, -0.15) is 20.3 Å². The smallest absolute Gasteiger partial charge is 0.459 e. The zero-order chi connectivity index (χ0) is 30.8. The lowest BCUT2D eigenvalue weighted by Gasteiger charge is -2.26. The number of hydrogen-bond donors (Lipinski definition) is 4. The van der Waals surface area contributed by atoms with Gasteiger partial charge in [0.25, 0.3) is 0 Å². The lowest BCUT2D eigenvalue weighted by atomic mass is 9.84. The van der Waals surface area contributed by atoms with Gasteiger partial charge in [-0.3, -0.25) is 13.9 Å². The molecule has 17 heteroatoms. The van der Waals surface area contributed by atoms with Gasteiger partial charge in [-0.15, -0.1) is 0 Å². The molecule has 0 aliphatic carbocycles. The van der Waals surface area contributed by atoms with E-state index in [0.717, 1.165) is 0 Å². The Bertz CT molecular complexity index is 1540. The number of nitrogens with one attached hydrogen (secondary N) is 1. The van der Waals surface area contributed by atoms with Crippen molar-refractivity contribution in [3.8, 4) is 23.4 Å². The molecule has 0 amide bonds. The fourth-order valence-corrected chi connectivity index (χ4v) is 5.80. The molecule has 1 aromatic carbocycles. The van der Waals surface area contributed by atoms with Crippen molar-refractivity contribution in [2.75, 3.05) is 19.5 Å². The first-order valence-corrected chi connectivity index (χ1v) is 14.3. The second kappa shape index (κ2) is 12.1. The Morgan fingerprint density at radius 2 is 2.10 bits per heavy atom. The molecule has 1 saturated heterocycles. The minimum Gasteiger partial charge on any atom is -0.508 e. The van der Waals surface area contributed by atoms with Gasteiger partial charge in [-0.1, -0.05) is 6.07 Å². The van der Waals surface area contributed by atoms with Gasteiger partial charge >= 0.3 is 13.7 Å². The molecule has 226 valence electrons. The molecule has 3 aromatic rings. The second-order valence-electron chi connectivity index (χ2n) is 10.00. The fraction of sp³-hybridized carbons (Fsp3) is 0.480. The predicted octanol–water partition coefficient (Wildman–Crippen LogP) is 2.04. The Balaban J connectivity index is 1.61. The molecule has 3 heterocycles. The van der Waals surface area contributed by atoms with E-state index in [4.69, 9.17) is 29.0 Å². The topological polar surface area (TPSA) is 226 Å². The van der Waals surface area contributed by atoms with Gasteiger partial charge in [0.1, 0.15) is 35.2 Å². The first-order valence-electron chi connectivity index (χ1n) is 12.8. The molecular weight excluding hydrogens is 573 g/mol. The maximum absolute atomic E-state index is 13.9. The number of benzene rings is 1. The highest BCUT2D eigenvalue weighted by Gasteiger charge is 2.56. The number of nitrogen functional groups attached to an aromatic ring is 1. The summed E-state index contributed by atoms with van der Waals surface area (Å²) in [5.41, 5.74) is 4.70.